The van der Waals surface area contributed by atoms with Crippen LogP contribution in [0, 0.1) is 5.41 Å². The van der Waals surface area contributed by atoms with Gasteiger partial charge in [0.05, 0.1) is 0 Å². The lowest BCUT2D eigenvalue weighted by atomic mass is 9.95. The van der Waals surface area contributed by atoms with Gasteiger partial charge in [-0.1, -0.05) is 50.6 Å². The zero-order chi connectivity index (χ0) is 14.2. The van der Waals surface area contributed by atoms with E-state index in [1.165, 1.54) is 11.6 Å². The number of allylic oxidation sites excluding steroid dienone is 2. The normalized spacial score (nSPS) is 13.2. The summed E-state index contributed by atoms with van der Waals surface area (Å²) in [6.45, 7) is 5.66. The second kappa shape index (κ2) is 7.71. The van der Waals surface area contributed by atoms with Crippen LogP contribution in [-0.4, -0.2) is 23.5 Å². The Bertz CT molecular complexity index is 390. The van der Waals surface area contributed by atoms with Gasteiger partial charge in [0, 0.05) is 23.6 Å². The molecule has 0 aliphatic rings. The highest BCUT2D eigenvalue weighted by atomic mass is 35.5. The van der Waals surface area contributed by atoms with Crippen molar-refractivity contribution in [2.45, 2.75) is 20.8 Å². The van der Waals surface area contributed by atoms with Crippen LogP contribution in [0.2, 0.25) is 0 Å². The number of hydrogen-bond acceptors (Lipinski definition) is 2. The zero-order valence-corrected chi connectivity index (χ0v) is 11.5. The molecule has 0 saturated heterocycles. The zero-order valence-electron chi connectivity index (χ0n) is 10.7. The first kappa shape index (κ1) is 16.4. The maximum Gasteiger partial charge on any atom is 0.328 e. The van der Waals surface area contributed by atoms with E-state index in [0.29, 0.717) is 5.57 Å². The van der Waals surface area contributed by atoms with E-state index in [2.05, 4.69) is 5.32 Å². The standard InChI is InChI=1S/C13H18ClNO3/c1-13(2,3)12(18)15-9-10(5-4-8-14)6-7-11(16)17/h4-8H,9H2,1-3H3,(H,15,18)(H,16,17)/b7-6+,8-4+,10-5+. The van der Waals surface area contributed by atoms with Crippen molar-refractivity contribution < 1.29 is 14.7 Å². The van der Waals surface area contributed by atoms with Crippen LogP contribution in [0.25, 0.3) is 0 Å². The topological polar surface area (TPSA) is 66.4 Å². The minimum Gasteiger partial charge on any atom is -0.478 e. The molecule has 0 aromatic heterocycles. The molecule has 2 N–H and O–H groups in total. The molecule has 4 nitrogen and oxygen atoms in total. The van der Waals surface area contributed by atoms with E-state index in [4.69, 9.17) is 16.7 Å². The van der Waals surface area contributed by atoms with Gasteiger partial charge in [0.15, 0.2) is 0 Å². The molecule has 0 aliphatic carbocycles. The number of carboxylic acids is 1. The fourth-order valence-electron chi connectivity index (χ4n) is 0.959. The molecule has 0 saturated carbocycles. The predicted octanol–water partition coefficient (Wildman–Crippen LogP) is 2.47. The quantitative estimate of drug-likeness (QED) is 0.596. The Morgan fingerprint density at radius 2 is 1.89 bits per heavy atom. The van der Waals surface area contributed by atoms with Gasteiger partial charge in [-0.25, -0.2) is 4.79 Å². The number of rotatable bonds is 5. The van der Waals surface area contributed by atoms with Crippen molar-refractivity contribution in [2.75, 3.05) is 6.54 Å². The van der Waals surface area contributed by atoms with Gasteiger partial charge in [0.1, 0.15) is 0 Å². The lowest BCUT2D eigenvalue weighted by molar-refractivity contribution is -0.131. The highest BCUT2D eigenvalue weighted by Gasteiger charge is 2.20. The SMILES string of the molecule is CC(C)(C)C(=O)NCC(/C=C/C(=O)O)=C/C=C/Cl. The van der Waals surface area contributed by atoms with Crippen molar-refractivity contribution in [3.63, 3.8) is 0 Å². The average molecular weight is 272 g/mol. The Balaban J connectivity index is 4.63. The number of hydrogen-bond donors (Lipinski definition) is 2. The summed E-state index contributed by atoms with van der Waals surface area (Å²) in [6, 6.07) is 0. The molecule has 0 heterocycles. The molecule has 0 fully saturated rings. The second-order valence-electron chi connectivity index (χ2n) is 4.66. The molecule has 0 rings (SSSR count). The highest BCUT2D eigenvalue weighted by Crippen LogP contribution is 2.12. The summed E-state index contributed by atoms with van der Waals surface area (Å²) in [7, 11) is 0. The first-order chi connectivity index (χ1) is 8.27. The van der Waals surface area contributed by atoms with E-state index < -0.39 is 11.4 Å². The van der Waals surface area contributed by atoms with Gasteiger partial charge in [-0.3, -0.25) is 4.79 Å². The molecule has 0 radical (unpaired) electrons. The highest BCUT2D eigenvalue weighted by molar-refractivity contribution is 6.25. The minimum absolute atomic E-state index is 0.105. The molecule has 18 heavy (non-hydrogen) atoms. The second-order valence-corrected chi connectivity index (χ2v) is 4.92. The third-order valence-corrected chi connectivity index (χ3v) is 2.10. The molecule has 1 amide bonds. The first-order valence-corrected chi connectivity index (χ1v) is 5.86. The predicted molar refractivity (Wildman–Crippen MR) is 72.3 cm³/mol. The Kier molecular flexibility index (Phi) is 7.05. The molecule has 0 bridgehead atoms. The lowest BCUT2D eigenvalue weighted by Crippen LogP contribution is -2.35. The van der Waals surface area contributed by atoms with Gasteiger partial charge < -0.3 is 10.4 Å². The largest absolute Gasteiger partial charge is 0.478 e. The Morgan fingerprint density at radius 1 is 1.28 bits per heavy atom. The van der Waals surface area contributed by atoms with Crippen molar-refractivity contribution in [3.05, 3.63) is 35.4 Å². The Morgan fingerprint density at radius 3 is 2.33 bits per heavy atom. The van der Waals surface area contributed by atoms with Gasteiger partial charge >= 0.3 is 5.97 Å². The third kappa shape index (κ3) is 7.68. The molecule has 5 heteroatoms. The molecule has 0 atom stereocenters. The summed E-state index contributed by atoms with van der Waals surface area (Å²) in [5.74, 6) is -1.15. The number of aliphatic carboxylic acids is 1. The van der Waals surface area contributed by atoms with Gasteiger partial charge in [0.25, 0.3) is 0 Å². The molecule has 0 spiro atoms. The van der Waals surface area contributed by atoms with Gasteiger partial charge in [-0.2, -0.15) is 0 Å². The summed E-state index contributed by atoms with van der Waals surface area (Å²) >= 11 is 5.39. The van der Waals surface area contributed by atoms with Crippen LogP contribution in [0.3, 0.4) is 0 Å². The number of halogens is 1. The van der Waals surface area contributed by atoms with Gasteiger partial charge in [0.2, 0.25) is 5.91 Å². The van der Waals surface area contributed by atoms with E-state index in [1.807, 2.05) is 0 Å². The van der Waals surface area contributed by atoms with Crippen LogP contribution in [-0.2, 0) is 9.59 Å². The van der Waals surface area contributed by atoms with Crippen LogP contribution >= 0.6 is 11.6 Å². The monoisotopic (exact) mass is 271 g/mol. The molecule has 0 aromatic carbocycles. The van der Waals surface area contributed by atoms with Crippen LogP contribution in [0.15, 0.2) is 35.4 Å². The Hall–Kier alpha value is -1.55. The summed E-state index contributed by atoms with van der Waals surface area (Å²) in [6.07, 6.45) is 5.63. The third-order valence-electron chi connectivity index (χ3n) is 1.96. The number of nitrogens with one attached hydrogen (secondary N) is 1. The molecular weight excluding hydrogens is 254 g/mol. The van der Waals surface area contributed by atoms with Crippen LogP contribution in [0.4, 0.5) is 0 Å². The van der Waals surface area contributed by atoms with Crippen molar-refractivity contribution in [1.29, 1.82) is 0 Å². The van der Waals surface area contributed by atoms with Crippen LogP contribution < -0.4 is 5.32 Å². The van der Waals surface area contributed by atoms with Crippen molar-refractivity contribution in [2.24, 2.45) is 5.41 Å². The summed E-state index contributed by atoms with van der Waals surface area (Å²) in [4.78, 5) is 22.1. The number of amides is 1. The van der Waals surface area contributed by atoms with E-state index in [9.17, 15) is 9.59 Å². The van der Waals surface area contributed by atoms with E-state index in [1.54, 1.807) is 32.9 Å². The first-order valence-electron chi connectivity index (χ1n) is 5.42. The van der Waals surface area contributed by atoms with Crippen molar-refractivity contribution >= 4 is 23.5 Å². The number of carbonyl (C=O) groups is 2. The smallest absolute Gasteiger partial charge is 0.328 e. The summed E-state index contributed by atoms with van der Waals surface area (Å²) in [5.41, 5.74) is 1.47. The van der Waals surface area contributed by atoms with Crippen LogP contribution in [0.1, 0.15) is 20.8 Å². The number of carboxylic acid groups (broad SMARTS) is 1. The summed E-state index contributed by atoms with van der Waals surface area (Å²) in [5, 5.41) is 11.3. The van der Waals surface area contributed by atoms with E-state index in [0.717, 1.165) is 6.08 Å². The maximum atomic E-state index is 11.7. The molecule has 0 aromatic rings. The molecule has 100 valence electrons. The van der Waals surface area contributed by atoms with Gasteiger partial charge in [-0.15, -0.1) is 0 Å². The van der Waals surface area contributed by atoms with Crippen molar-refractivity contribution in [3.8, 4) is 0 Å². The summed E-state index contributed by atoms with van der Waals surface area (Å²) < 4.78 is 0. The minimum atomic E-state index is -1.04. The van der Waals surface area contributed by atoms with E-state index in [-0.39, 0.29) is 12.5 Å². The van der Waals surface area contributed by atoms with Crippen LogP contribution in [0.5, 0.6) is 0 Å². The van der Waals surface area contributed by atoms with Gasteiger partial charge in [-0.05, 0) is 5.57 Å². The Labute approximate surface area is 112 Å². The lowest BCUT2D eigenvalue weighted by Gasteiger charge is -2.17. The molecule has 0 unspecified atom stereocenters. The molecule has 0 aliphatic heterocycles. The maximum absolute atomic E-state index is 11.7. The average Bonchev–Trinajstić information content (AvgIpc) is 2.26. The molecular formula is C13H18ClNO3. The van der Waals surface area contributed by atoms with Crippen molar-refractivity contribution in [1.82, 2.24) is 5.32 Å². The van der Waals surface area contributed by atoms with E-state index >= 15 is 0 Å². The fraction of sp³-hybridized carbons (Fsp3) is 0.385. The number of carbonyl (C=O) groups excluding carboxylic acids is 1. The fourth-order valence-corrected chi connectivity index (χ4v) is 1.03.